The number of para-hydroxylation sites is 1. The topological polar surface area (TPSA) is 38.0 Å². The van der Waals surface area contributed by atoms with E-state index in [9.17, 15) is 0 Å². The van der Waals surface area contributed by atoms with E-state index in [0.29, 0.717) is 12.6 Å². The Labute approximate surface area is 132 Å². The first-order valence-corrected chi connectivity index (χ1v) is 8.78. The van der Waals surface area contributed by atoms with Crippen molar-refractivity contribution < 1.29 is 0 Å². The monoisotopic (exact) mass is 340 g/mol. The Kier molecular flexibility index (Phi) is 9.77. The number of nitrogens with one attached hydrogen (secondary N) is 1. The minimum atomic E-state index is 0.379. The number of halogens is 1. The molecule has 1 atom stereocenters. The predicted octanol–water partition coefficient (Wildman–Crippen LogP) is 5.33. The molecule has 0 bridgehead atoms. The molecule has 3 heteroatoms. The summed E-state index contributed by atoms with van der Waals surface area (Å²) in [7, 11) is 0. The summed E-state index contributed by atoms with van der Waals surface area (Å²) in [5.74, 6) is 0. The predicted molar refractivity (Wildman–Crippen MR) is 93.2 cm³/mol. The summed E-state index contributed by atoms with van der Waals surface area (Å²) < 4.78 is 1.11. The zero-order valence-corrected chi connectivity index (χ0v) is 14.3. The van der Waals surface area contributed by atoms with E-state index in [2.05, 4.69) is 46.4 Å². The van der Waals surface area contributed by atoms with Gasteiger partial charge in [0.2, 0.25) is 0 Å². The molecule has 0 radical (unpaired) electrons. The third kappa shape index (κ3) is 7.30. The van der Waals surface area contributed by atoms with Crippen molar-refractivity contribution in [1.29, 1.82) is 0 Å². The minimum absolute atomic E-state index is 0.379. The third-order valence-corrected chi connectivity index (χ3v) is 4.37. The molecule has 0 saturated carbocycles. The van der Waals surface area contributed by atoms with Gasteiger partial charge in [0.15, 0.2) is 0 Å². The maximum absolute atomic E-state index is 5.87. The van der Waals surface area contributed by atoms with Crippen LogP contribution in [0.4, 0.5) is 5.69 Å². The highest BCUT2D eigenvalue weighted by Crippen LogP contribution is 2.22. The fraction of sp³-hybridized carbons (Fsp3) is 0.647. The van der Waals surface area contributed by atoms with E-state index in [1.54, 1.807) is 0 Å². The van der Waals surface area contributed by atoms with Gasteiger partial charge in [-0.25, -0.2) is 0 Å². The van der Waals surface area contributed by atoms with Crippen molar-refractivity contribution in [3.8, 4) is 0 Å². The summed E-state index contributed by atoms with van der Waals surface area (Å²) >= 11 is 3.57. The minimum Gasteiger partial charge on any atom is -0.380 e. The van der Waals surface area contributed by atoms with Crippen molar-refractivity contribution in [1.82, 2.24) is 0 Å². The highest BCUT2D eigenvalue weighted by Gasteiger charge is 2.07. The van der Waals surface area contributed by atoms with Gasteiger partial charge in [-0.3, -0.25) is 0 Å². The van der Waals surface area contributed by atoms with Crippen LogP contribution < -0.4 is 11.1 Å². The number of benzene rings is 1. The lowest BCUT2D eigenvalue weighted by Crippen LogP contribution is -2.28. The second-order valence-electron chi connectivity index (χ2n) is 5.47. The molecule has 1 aromatic rings. The maximum Gasteiger partial charge on any atom is 0.0487 e. The fourth-order valence-corrected chi connectivity index (χ4v) is 2.79. The normalized spacial score (nSPS) is 12.3. The molecule has 3 N–H and O–H groups in total. The van der Waals surface area contributed by atoms with Crippen LogP contribution in [0, 0.1) is 0 Å². The van der Waals surface area contributed by atoms with Crippen molar-refractivity contribution in [2.45, 2.75) is 64.3 Å². The van der Waals surface area contributed by atoms with Crippen molar-refractivity contribution in [3.05, 3.63) is 28.7 Å². The highest BCUT2D eigenvalue weighted by atomic mass is 79.9. The van der Waals surface area contributed by atoms with E-state index >= 15 is 0 Å². The first-order chi connectivity index (χ1) is 9.77. The second kappa shape index (κ2) is 11.2. The van der Waals surface area contributed by atoms with Gasteiger partial charge < -0.3 is 11.1 Å². The molecule has 0 aliphatic carbocycles. The molecule has 1 unspecified atom stereocenters. The Morgan fingerprint density at radius 2 is 1.70 bits per heavy atom. The van der Waals surface area contributed by atoms with Crippen LogP contribution in [0.15, 0.2) is 28.7 Å². The summed E-state index contributed by atoms with van der Waals surface area (Å²) in [5, 5.41) is 3.54. The first-order valence-electron chi connectivity index (χ1n) is 7.99. The lowest BCUT2D eigenvalue weighted by atomic mass is 10.0. The summed E-state index contributed by atoms with van der Waals surface area (Å²) in [6.45, 7) is 2.95. The van der Waals surface area contributed by atoms with Crippen molar-refractivity contribution in [2.24, 2.45) is 5.73 Å². The van der Waals surface area contributed by atoms with Gasteiger partial charge in [0.25, 0.3) is 0 Å². The molecule has 0 heterocycles. The fourth-order valence-electron chi connectivity index (χ4n) is 2.39. The Bertz CT molecular complexity index is 355. The van der Waals surface area contributed by atoms with Gasteiger partial charge in [-0.15, -0.1) is 0 Å². The zero-order chi connectivity index (χ0) is 14.6. The molecule has 0 aromatic heterocycles. The molecule has 2 nitrogen and oxygen atoms in total. The van der Waals surface area contributed by atoms with Crippen LogP contribution >= 0.6 is 15.9 Å². The van der Waals surface area contributed by atoms with Crippen molar-refractivity contribution in [3.63, 3.8) is 0 Å². The number of unbranched alkanes of at least 4 members (excludes halogenated alkanes) is 6. The standard InChI is InChI=1S/C17H29BrN2/c1-2-3-4-5-6-7-8-11-15(14-19)20-17-13-10-9-12-16(17)18/h9-10,12-13,15,20H,2-8,11,14,19H2,1H3. The van der Waals surface area contributed by atoms with Crippen LogP contribution in [0.25, 0.3) is 0 Å². The van der Waals surface area contributed by atoms with Gasteiger partial charge >= 0.3 is 0 Å². The van der Waals surface area contributed by atoms with E-state index in [1.165, 1.54) is 44.9 Å². The van der Waals surface area contributed by atoms with E-state index in [-0.39, 0.29) is 0 Å². The zero-order valence-electron chi connectivity index (χ0n) is 12.7. The van der Waals surface area contributed by atoms with Crippen molar-refractivity contribution in [2.75, 3.05) is 11.9 Å². The molecule has 0 spiro atoms. The molecular weight excluding hydrogens is 312 g/mol. The van der Waals surface area contributed by atoms with Gasteiger partial charge in [0, 0.05) is 22.7 Å². The molecule has 0 aliphatic heterocycles. The molecule has 1 aromatic carbocycles. The number of hydrogen-bond acceptors (Lipinski definition) is 2. The number of rotatable bonds is 11. The summed E-state index contributed by atoms with van der Waals surface area (Å²) in [6.07, 6.45) is 10.6. The van der Waals surface area contributed by atoms with Crippen LogP contribution in [-0.4, -0.2) is 12.6 Å². The molecule has 0 amide bonds. The van der Waals surface area contributed by atoms with Gasteiger partial charge in [-0.1, -0.05) is 64.0 Å². The van der Waals surface area contributed by atoms with E-state index in [0.717, 1.165) is 16.6 Å². The second-order valence-corrected chi connectivity index (χ2v) is 6.32. The Hall–Kier alpha value is -0.540. The number of nitrogens with two attached hydrogens (primary N) is 1. The van der Waals surface area contributed by atoms with Crippen LogP contribution in [0.2, 0.25) is 0 Å². The van der Waals surface area contributed by atoms with Gasteiger partial charge in [0.1, 0.15) is 0 Å². The molecule has 114 valence electrons. The average molecular weight is 341 g/mol. The van der Waals surface area contributed by atoms with E-state index < -0.39 is 0 Å². The molecule has 1 rings (SSSR count). The third-order valence-electron chi connectivity index (χ3n) is 3.67. The Balaban J connectivity index is 2.18. The van der Waals surface area contributed by atoms with Gasteiger partial charge in [-0.2, -0.15) is 0 Å². The van der Waals surface area contributed by atoms with Crippen LogP contribution in [0.3, 0.4) is 0 Å². The maximum atomic E-state index is 5.87. The average Bonchev–Trinajstić information content (AvgIpc) is 2.47. The number of anilines is 1. The van der Waals surface area contributed by atoms with Gasteiger partial charge in [-0.05, 0) is 34.5 Å². The lowest BCUT2D eigenvalue weighted by molar-refractivity contribution is 0.547. The first kappa shape index (κ1) is 17.5. The molecule has 0 fully saturated rings. The molecule has 0 saturated heterocycles. The Morgan fingerprint density at radius 1 is 1.05 bits per heavy atom. The molecular formula is C17H29BrN2. The van der Waals surface area contributed by atoms with Crippen LogP contribution in [0.5, 0.6) is 0 Å². The quantitative estimate of drug-likeness (QED) is 0.534. The smallest absolute Gasteiger partial charge is 0.0487 e. The van der Waals surface area contributed by atoms with Crippen molar-refractivity contribution >= 4 is 21.6 Å². The highest BCUT2D eigenvalue weighted by molar-refractivity contribution is 9.10. The van der Waals surface area contributed by atoms with Gasteiger partial charge in [0.05, 0.1) is 0 Å². The SMILES string of the molecule is CCCCCCCCCC(CN)Nc1ccccc1Br. The van der Waals surface area contributed by atoms with Crippen LogP contribution in [-0.2, 0) is 0 Å². The van der Waals surface area contributed by atoms with E-state index in [1.807, 2.05) is 6.07 Å². The lowest BCUT2D eigenvalue weighted by Gasteiger charge is -2.19. The molecule has 0 aliphatic rings. The Morgan fingerprint density at radius 3 is 2.35 bits per heavy atom. The number of hydrogen-bond donors (Lipinski definition) is 2. The summed E-state index contributed by atoms with van der Waals surface area (Å²) in [4.78, 5) is 0. The summed E-state index contributed by atoms with van der Waals surface area (Å²) in [5.41, 5.74) is 7.02. The molecule has 20 heavy (non-hydrogen) atoms. The van der Waals surface area contributed by atoms with Crippen LogP contribution in [0.1, 0.15) is 58.3 Å². The van der Waals surface area contributed by atoms with E-state index in [4.69, 9.17) is 5.73 Å². The summed E-state index contributed by atoms with van der Waals surface area (Å²) in [6, 6.07) is 8.61. The largest absolute Gasteiger partial charge is 0.380 e.